The summed E-state index contributed by atoms with van der Waals surface area (Å²) in [6.45, 7) is 2.06. The van der Waals surface area contributed by atoms with E-state index in [1.165, 1.54) is 16.1 Å². The molecule has 2 atom stereocenters. The van der Waals surface area contributed by atoms with Gasteiger partial charge in [0.1, 0.15) is 12.0 Å². The first-order valence-corrected chi connectivity index (χ1v) is 11.3. The van der Waals surface area contributed by atoms with Gasteiger partial charge in [-0.15, -0.1) is 0 Å². The predicted octanol–water partition coefficient (Wildman–Crippen LogP) is 3.21. The van der Waals surface area contributed by atoms with Gasteiger partial charge < -0.3 is 18.9 Å². The highest BCUT2D eigenvalue weighted by Gasteiger charge is 2.54. The Kier molecular flexibility index (Phi) is 5.76. The quantitative estimate of drug-likeness (QED) is 0.484. The molecule has 2 aliphatic heterocycles. The fraction of sp³-hybridized carbons (Fsp3) is 0.308. The third-order valence-electron chi connectivity index (χ3n) is 6.83. The standard InChI is InChI=1S/C26H25N3O6/c1-17(20-10-11-35-27-20)28(2)23(30)13-26(19-6-4-3-5-7-19)14-24(31)29(25(26)32)15-18-8-9-21-22(12-18)34-16-33-21/h3-12,17H,13-16H2,1-2H3. The van der Waals surface area contributed by atoms with Crippen molar-refractivity contribution in [2.24, 2.45) is 0 Å². The Balaban J connectivity index is 1.43. The van der Waals surface area contributed by atoms with Gasteiger partial charge in [0, 0.05) is 26.0 Å². The summed E-state index contributed by atoms with van der Waals surface area (Å²) in [7, 11) is 1.66. The number of imide groups is 1. The minimum atomic E-state index is -1.29. The zero-order chi connectivity index (χ0) is 24.6. The van der Waals surface area contributed by atoms with Crippen molar-refractivity contribution in [3.8, 4) is 11.5 Å². The number of carbonyl (C=O) groups is 3. The molecule has 3 aromatic rings. The van der Waals surface area contributed by atoms with Gasteiger partial charge in [0.2, 0.25) is 24.5 Å². The van der Waals surface area contributed by atoms with Gasteiger partial charge in [-0.25, -0.2) is 0 Å². The summed E-state index contributed by atoms with van der Waals surface area (Å²) in [6.07, 6.45) is 1.22. The van der Waals surface area contributed by atoms with Crippen LogP contribution in [-0.2, 0) is 26.3 Å². The number of likely N-dealkylation sites (tertiary alicyclic amines) is 1. The molecule has 1 fully saturated rings. The summed E-state index contributed by atoms with van der Waals surface area (Å²) in [5.74, 6) is 0.227. The number of carbonyl (C=O) groups excluding carboxylic acids is 3. The molecule has 0 spiro atoms. The fourth-order valence-corrected chi connectivity index (χ4v) is 4.64. The minimum Gasteiger partial charge on any atom is -0.454 e. The Hall–Kier alpha value is -4.14. The number of amides is 3. The Morgan fingerprint density at radius 2 is 1.89 bits per heavy atom. The first-order valence-electron chi connectivity index (χ1n) is 11.3. The van der Waals surface area contributed by atoms with Crippen LogP contribution >= 0.6 is 0 Å². The van der Waals surface area contributed by atoms with Crippen LogP contribution in [0.25, 0.3) is 0 Å². The summed E-state index contributed by atoms with van der Waals surface area (Å²) in [5, 5.41) is 3.92. The summed E-state index contributed by atoms with van der Waals surface area (Å²) in [4.78, 5) is 43.2. The van der Waals surface area contributed by atoms with E-state index in [9.17, 15) is 14.4 Å². The minimum absolute atomic E-state index is 0.0850. The normalized spacial score (nSPS) is 19.8. The number of nitrogens with zero attached hydrogens (tertiary/aromatic N) is 3. The summed E-state index contributed by atoms with van der Waals surface area (Å²) < 4.78 is 15.7. The number of ether oxygens (including phenoxy) is 2. The maximum atomic E-state index is 13.9. The lowest BCUT2D eigenvalue weighted by Gasteiger charge is -2.31. The van der Waals surface area contributed by atoms with Crippen molar-refractivity contribution in [2.45, 2.75) is 37.8 Å². The molecule has 1 aromatic heterocycles. The first-order chi connectivity index (χ1) is 16.9. The second-order valence-corrected chi connectivity index (χ2v) is 8.88. The molecule has 0 aliphatic carbocycles. The Labute approximate surface area is 202 Å². The summed E-state index contributed by atoms with van der Waals surface area (Å²) in [5.41, 5.74) is 0.696. The highest BCUT2D eigenvalue weighted by Crippen LogP contribution is 2.42. The second-order valence-electron chi connectivity index (χ2n) is 8.88. The third kappa shape index (κ3) is 4.03. The van der Waals surface area contributed by atoms with Gasteiger partial charge in [0.25, 0.3) is 0 Å². The molecule has 0 radical (unpaired) electrons. The van der Waals surface area contributed by atoms with Crippen molar-refractivity contribution in [1.82, 2.24) is 15.0 Å². The molecule has 1 saturated heterocycles. The van der Waals surface area contributed by atoms with Crippen LogP contribution in [0.1, 0.15) is 42.6 Å². The second kappa shape index (κ2) is 8.90. The third-order valence-corrected chi connectivity index (χ3v) is 6.83. The molecule has 2 unspecified atom stereocenters. The summed E-state index contributed by atoms with van der Waals surface area (Å²) in [6, 6.07) is 15.7. The average molecular weight is 476 g/mol. The molecule has 35 heavy (non-hydrogen) atoms. The molecule has 9 heteroatoms. The van der Waals surface area contributed by atoms with E-state index >= 15 is 0 Å². The van der Waals surface area contributed by atoms with Crippen LogP contribution in [0.15, 0.2) is 65.4 Å². The molecule has 2 aliphatic rings. The van der Waals surface area contributed by atoms with Crippen LogP contribution in [0, 0.1) is 0 Å². The molecular formula is C26H25N3O6. The van der Waals surface area contributed by atoms with E-state index in [0.717, 1.165) is 5.56 Å². The topological polar surface area (TPSA) is 102 Å². The smallest absolute Gasteiger partial charge is 0.241 e. The van der Waals surface area contributed by atoms with E-state index < -0.39 is 5.41 Å². The highest BCUT2D eigenvalue weighted by atomic mass is 16.7. The zero-order valence-corrected chi connectivity index (χ0v) is 19.5. The van der Waals surface area contributed by atoms with Crippen LogP contribution in [0.2, 0.25) is 0 Å². The lowest BCUT2D eigenvalue weighted by atomic mass is 9.75. The van der Waals surface area contributed by atoms with E-state index in [4.69, 9.17) is 14.0 Å². The van der Waals surface area contributed by atoms with Crippen molar-refractivity contribution < 1.29 is 28.4 Å². The van der Waals surface area contributed by atoms with Crippen molar-refractivity contribution in [1.29, 1.82) is 0 Å². The van der Waals surface area contributed by atoms with Crippen molar-refractivity contribution in [3.05, 3.63) is 77.7 Å². The van der Waals surface area contributed by atoms with Crippen LogP contribution in [0.3, 0.4) is 0 Å². The van der Waals surface area contributed by atoms with Crippen LogP contribution in [-0.4, -0.2) is 46.5 Å². The molecule has 0 N–H and O–H groups in total. The van der Waals surface area contributed by atoms with Crippen molar-refractivity contribution in [2.75, 3.05) is 13.8 Å². The highest BCUT2D eigenvalue weighted by molar-refractivity contribution is 6.10. The van der Waals surface area contributed by atoms with E-state index in [2.05, 4.69) is 5.16 Å². The number of hydrogen-bond acceptors (Lipinski definition) is 7. The molecule has 3 amide bonds. The molecular weight excluding hydrogens is 450 g/mol. The lowest BCUT2D eigenvalue weighted by molar-refractivity contribution is -0.143. The van der Waals surface area contributed by atoms with E-state index in [1.807, 2.05) is 25.1 Å². The van der Waals surface area contributed by atoms with E-state index in [1.54, 1.807) is 43.4 Å². The first kappa shape index (κ1) is 22.6. The van der Waals surface area contributed by atoms with Gasteiger partial charge in [-0.2, -0.15) is 0 Å². The van der Waals surface area contributed by atoms with Crippen LogP contribution in [0.4, 0.5) is 0 Å². The van der Waals surface area contributed by atoms with Crippen molar-refractivity contribution in [3.63, 3.8) is 0 Å². The van der Waals surface area contributed by atoms with Gasteiger partial charge in [-0.3, -0.25) is 19.3 Å². The van der Waals surface area contributed by atoms with E-state index in [-0.39, 0.29) is 49.9 Å². The largest absolute Gasteiger partial charge is 0.454 e. The van der Waals surface area contributed by atoms with Gasteiger partial charge in [-0.1, -0.05) is 41.6 Å². The van der Waals surface area contributed by atoms with Gasteiger partial charge in [0.05, 0.1) is 18.0 Å². The Bertz CT molecular complexity index is 1260. The Morgan fingerprint density at radius 1 is 1.11 bits per heavy atom. The lowest BCUT2D eigenvalue weighted by Crippen LogP contribution is -2.43. The van der Waals surface area contributed by atoms with Gasteiger partial charge in [0.15, 0.2) is 11.5 Å². The molecule has 0 bridgehead atoms. The van der Waals surface area contributed by atoms with Gasteiger partial charge in [-0.05, 0) is 30.2 Å². The van der Waals surface area contributed by atoms with Crippen LogP contribution < -0.4 is 9.47 Å². The number of fused-ring (bicyclic) bond motifs is 1. The predicted molar refractivity (Wildman–Crippen MR) is 123 cm³/mol. The van der Waals surface area contributed by atoms with Crippen molar-refractivity contribution >= 4 is 17.7 Å². The SMILES string of the molecule is CC(c1ccon1)N(C)C(=O)CC1(c2ccccc2)CC(=O)N(Cc2ccc3c(c2)OCO3)C1=O. The number of rotatable bonds is 7. The molecule has 9 nitrogen and oxygen atoms in total. The maximum absolute atomic E-state index is 13.9. The summed E-state index contributed by atoms with van der Waals surface area (Å²) >= 11 is 0. The average Bonchev–Trinajstić information content (AvgIpc) is 3.61. The molecule has 3 heterocycles. The monoisotopic (exact) mass is 475 g/mol. The maximum Gasteiger partial charge on any atom is 0.241 e. The molecule has 0 saturated carbocycles. The number of aromatic nitrogens is 1. The van der Waals surface area contributed by atoms with E-state index in [0.29, 0.717) is 22.8 Å². The molecule has 180 valence electrons. The zero-order valence-electron chi connectivity index (χ0n) is 19.5. The Morgan fingerprint density at radius 3 is 2.63 bits per heavy atom. The number of hydrogen-bond donors (Lipinski definition) is 0. The van der Waals surface area contributed by atoms with Gasteiger partial charge >= 0.3 is 0 Å². The fourth-order valence-electron chi connectivity index (χ4n) is 4.64. The van der Waals surface area contributed by atoms with Crippen LogP contribution in [0.5, 0.6) is 11.5 Å². The molecule has 2 aromatic carbocycles. The molecule has 5 rings (SSSR count). The number of benzene rings is 2.